The standard InChI is InChI=1S/C11H20N2O2/c1-12-7-9(8-12)3-2-5-13-6-4-10(13)11(14)15/h9-10H,2-8H2,1H3,(H,14,15). The van der Waals surface area contributed by atoms with Gasteiger partial charge in [-0.3, -0.25) is 9.69 Å². The first-order valence-electron chi connectivity index (χ1n) is 5.82. The summed E-state index contributed by atoms with van der Waals surface area (Å²) in [4.78, 5) is 15.2. The monoisotopic (exact) mass is 212 g/mol. The Morgan fingerprint density at radius 2 is 2.20 bits per heavy atom. The van der Waals surface area contributed by atoms with Crippen LogP contribution in [0, 0.1) is 5.92 Å². The quantitative estimate of drug-likeness (QED) is 0.720. The second kappa shape index (κ2) is 4.49. The van der Waals surface area contributed by atoms with Gasteiger partial charge in [-0.25, -0.2) is 0 Å². The minimum Gasteiger partial charge on any atom is -0.480 e. The molecule has 0 saturated carbocycles. The van der Waals surface area contributed by atoms with E-state index in [0.29, 0.717) is 0 Å². The van der Waals surface area contributed by atoms with E-state index in [1.54, 1.807) is 0 Å². The van der Waals surface area contributed by atoms with E-state index >= 15 is 0 Å². The number of carboxylic acid groups (broad SMARTS) is 1. The predicted molar refractivity (Wildman–Crippen MR) is 57.8 cm³/mol. The van der Waals surface area contributed by atoms with Crippen molar-refractivity contribution in [1.82, 2.24) is 9.80 Å². The Morgan fingerprint density at radius 1 is 1.47 bits per heavy atom. The zero-order valence-electron chi connectivity index (χ0n) is 9.35. The zero-order chi connectivity index (χ0) is 10.8. The van der Waals surface area contributed by atoms with Gasteiger partial charge in [0.2, 0.25) is 0 Å². The fourth-order valence-corrected chi connectivity index (χ4v) is 2.58. The molecule has 2 saturated heterocycles. The first-order valence-corrected chi connectivity index (χ1v) is 5.82. The normalized spacial score (nSPS) is 28.5. The number of hydrogen-bond acceptors (Lipinski definition) is 3. The molecule has 4 nitrogen and oxygen atoms in total. The fraction of sp³-hybridized carbons (Fsp3) is 0.909. The molecule has 4 heteroatoms. The van der Waals surface area contributed by atoms with Crippen molar-refractivity contribution < 1.29 is 9.90 Å². The lowest BCUT2D eigenvalue weighted by Crippen LogP contribution is -2.52. The third kappa shape index (κ3) is 2.49. The molecule has 0 amide bonds. The van der Waals surface area contributed by atoms with Gasteiger partial charge in [0.1, 0.15) is 6.04 Å². The fourth-order valence-electron chi connectivity index (χ4n) is 2.58. The molecule has 2 aliphatic rings. The third-order valence-electron chi connectivity index (χ3n) is 3.61. The van der Waals surface area contributed by atoms with E-state index in [1.807, 2.05) is 0 Å². The van der Waals surface area contributed by atoms with Crippen LogP contribution in [0.3, 0.4) is 0 Å². The van der Waals surface area contributed by atoms with Crippen LogP contribution < -0.4 is 0 Å². The molecule has 0 aromatic heterocycles. The van der Waals surface area contributed by atoms with Gasteiger partial charge in [0.15, 0.2) is 0 Å². The summed E-state index contributed by atoms with van der Waals surface area (Å²) < 4.78 is 0. The highest BCUT2D eigenvalue weighted by Crippen LogP contribution is 2.21. The van der Waals surface area contributed by atoms with E-state index in [4.69, 9.17) is 5.11 Å². The van der Waals surface area contributed by atoms with Crippen molar-refractivity contribution in [3.63, 3.8) is 0 Å². The number of likely N-dealkylation sites (tertiary alicyclic amines) is 2. The smallest absolute Gasteiger partial charge is 0.320 e. The molecule has 86 valence electrons. The minimum atomic E-state index is -0.648. The molecule has 2 fully saturated rings. The molecule has 1 atom stereocenters. The minimum absolute atomic E-state index is 0.186. The maximum atomic E-state index is 10.8. The van der Waals surface area contributed by atoms with E-state index in [-0.39, 0.29) is 6.04 Å². The summed E-state index contributed by atoms with van der Waals surface area (Å²) in [7, 11) is 2.15. The largest absolute Gasteiger partial charge is 0.480 e. The molecule has 1 unspecified atom stereocenters. The summed E-state index contributed by atoms with van der Waals surface area (Å²) in [6.45, 7) is 4.39. The van der Waals surface area contributed by atoms with Gasteiger partial charge >= 0.3 is 5.97 Å². The van der Waals surface area contributed by atoms with E-state index < -0.39 is 5.97 Å². The number of aliphatic carboxylic acids is 1. The zero-order valence-corrected chi connectivity index (χ0v) is 9.35. The highest BCUT2D eigenvalue weighted by molar-refractivity contribution is 5.74. The molecule has 2 aliphatic heterocycles. The van der Waals surface area contributed by atoms with Crippen molar-refractivity contribution in [3.05, 3.63) is 0 Å². The lowest BCUT2D eigenvalue weighted by atomic mass is 9.94. The van der Waals surface area contributed by atoms with Crippen molar-refractivity contribution >= 4 is 5.97 Å². The SMILES string of the molecule is CN1CC(CCCN2CCC2C(=O)O)C1. The van der Waals surface area contributed by atoms with Crippen LogP contribution in [0.2, 0.25) is 0 Å². The Morgan fingerprint density at radius 3 is 2.67 bits per heavy atom. The van der Waals surface area contributed by atoms with E-state index in [2.05, 4.69) is 16.8 Å². The van der Waals surface area contributed by atoms with Crippen molar-refractivity contribution in [2.75, 3.05) is 33.2 Å². The summed E-state index contributed by atoms with van der Waals surface area (Å²) in [5.41, 5.74) is 0. The van der Waals surface area contributed by atoms with Gasteiger partial charge in [-0.2, -0.15) is 0 Å². The van der Waals surface area contributed by atoms with Gasteiger partial charge in [0.25, 0.3) is 0 Å². The van der Waals surface area contributed by atoms with Crippen LogP contribution >= 0.6 is 0 Å². The summed E-state index contributed by atoms with van der Waals surface area (Å²) in [5, 5.41) is 8.86. The lowest BCUT2D eigenvalue weighted by molar-refractivity contribution is -0.148. The van der Waals surface area contributed by atoms with E-state index in [0.717, 1.165) is 31.8 Å². The first-order chi connectivity index (χ1) is 7.16. The van der Waals surface area contributed by atoms with Gasteiger partial charge in [-0.1, -0.05) is 0 Å². The predicted octanol–water partition coefficient (Wildman–Crippen LogP) is 0.487. The molecular formula is C11H20N2O2. The molecule has 0 aromatic carbocycles. The summed E-state index contributed by atoms with van der Waals surface area (Å²) >= 11 is 0. The molecule has 0 radical (unpaired) electrons. The van der Waals surface area contributed by atoms with E-state index in [1.165, 1.54) is 19.5 Å². The Labute approximate surface area is 90.9 Å². The number of rotatable bonds is 5. The molecule has 0 aliphatic carbocycles. The van der Waals surface area contributed by atoms with Crippen LogP contribution in [-0.2, 0) is 4.79 Å². The second-order valence-electron chi connectivity index (χ2n) is 4.91. The van der Waals surface area contributed by atoms with Crippen molar-refractivity contribution in [1.29, 1.82) is 0 Å². The Bertz CT molecular complexity index is 239. The van der Waals surface area contributed by atoms with Crippen molar-refractivity contribution in [2.24, 2.45) is 5.92 Å². The van der Waals surface area contributed by atoms with Gasteiger partial charge in [0.05, 0.1) is 0 Å². The number of carbonyl (C=O) groups is 1. The molecule has 0 spiro atoms. The molecule has 2 heterocycles. The maximum Gasteiger partial charge on any atom is 0.320 e. The van der Waals surface area contributed by atoms with Gasteiger partial charge in [-0.05, 0) is 38.8 Å². The topological polar surface area (TPSA) is 43.8 Å². The summed E-state index contributed by atoms with van der Waals surface area (Å²) in [6.07, 6.45) is 3.25. The Balaban J connectivity index is 1.56. The maximum absolute atomic E-state index is 10.8. The average Bonchev–Trinajstić information content (AvgIpc) is 2.05. The van der Waals surface area contributed by atoms with Crippen LogP contribution in [-0.4, -0.2) is 60.1 Å². The first kappa shape index (κ1) is 10.9. The van der Waals surface area contributed by atoms with Crippen LogP contribution in [0.15, 0.2) is 0 Å². The van der Waals surface area contributed by atoms with Gasteiger partial charge in [0, 0.05) is 19.6 Å². The molecule has 0 bridgehead atoms. The van der Waals surface area contributed by atoms with Crippen LogP contribution in [0.1, 0.15) is 19.3 Å². The number of nitrogens with zero attached hydrogens (tertiary/aromatic N) is 2. The van der Waals surface area contributed by atoms with Crippen molar-refractivity contribution in [2.45, 2.75) is 25.3 Å². The molecular weight excluding hydrogens is 192 g/mol. The van der Waals surface area contributed by atoms with E-state index in [9.17, 15) is 4.79 Å². The second-order valence-corrected chi connectivity index (χ2v) is 4.91. The Hall–Kier alpha value is -0.610. The highest BCUT2D eigenvalue weighted by Gasteiger charge is 2.33. The van der Waals surface area contributed by atoms with Gasteiger partial charge in [-0.15, -0.1) is 0 Å². The van der Waals surface area contributed by atoms with Crippen molar-refractivity contribution in [3.8, 4) is 0 Å². The number of hydrogen-bond donors (Lipinski definition) is 1. The average molecular weight is 212 g/mol. The number of carboxylic acids is 1. The third-order valence-corrected chi connectivity index (χ3v) is 3.61. The molecule has 15 heavy (non-hydrogen) atoms. The van der Waals surface area contributed by atoms with Crippen LogP contribution in [0.4, 0.5) is 0 Å². The molecule has 1 N–H and O–H groups in total. The molecule has 2 rings (SSSR count). The highest BCUT2D eigenvalue weighted by atomic mass is 16.4. The Kier molecular flexibility index (Phi) is 3.26. The lowest BCUT2D eigenvalue weighted by Gasteiger charge is -2.40. The van der Waals surface area contributed by atoms with Crippen LogP contribution in [0.5, 0.6) is 0 Å². The van der Waals surface area contributed by atoms with Crippen LogP contribution in [0.25, 0.3) is 0 Å². The van der Waals surface area contributed by atoms with Gasteiger partial charge < -0.3 is 10.0 Å². The summed E-state index contributed by atoms with van der Waals surface area (Å²) in [5.74, 6) is 0.212. The molecule has 0 aromatic rings. The summed E-state index contributed by atoms with van der Waals surface area (Å²) in [6, 6.07) is -0.186.